The molecule has 0 fully saturated rings. The van der Waals surface area contributed by atoms with Gasteiger partial charge in [0, 0.05) is 16.6 Å². The second kappa shape index (κ2) is 5.35. The van der Waals surface area contributed by atoms with Gasteiger partial charge in [-0.3, -0.25) is 4.79 Å². The van der Waals surface area contributed by atoms with Gasteiger partial charge in [0.15, 0.2) is 0 Å². The standard InChI is InChI=1S/C14H12BrNO2S/c15-11-5-6-19-13(11)8-18-10-2-3-12-9(7-10)1-4-14(17)16-12/h2-3,5-7H,1,4,8H2,(H,16,17). The van der Waals surface area contributed by atoms with Gasteiger partial charge in [-0.1, -0.05) is 0 Å². The van der Waals surface area contributed by atoms with E-state index in [0.29, 0.717) is 13.0 Å². The molecule has 1 aromatic carbocycles. The summed E-state index contributed by atoms with van der Waals surface area (Å²) in [5.74, 6) is 0.930. The van der Waals surface area contributed by atoms with Gasteiger partial charge >= 0.3 is 0 Å². The van der Waals surface area contributed by atoms with Crippen molar-refractivity contribution in [2.45, 2.75) is 19.4 Å². The average Bonchev–Trinajstić information content (AvgIpc) is 2.82. The maximum absolute atomic E-state index is 11.3. The number of aryl methyl sites for hydroxylation is 1. The Morgan fingerprint density at radius 2 is 2.21 bits per heavy atom. The van der Waals surface area contributed by atoms with Gasteiger partial charge in [0.05, 0.1) is 4.88 Å². The van der Waals surface area contributed by atoms with Gasteiger partial charge in [0.2, 0.25) is 5.91 Å². The van der Waals surface area contributed by atoms with Crippen molar-refractivity contribution in [2.75, 3.05) is 5.32 Å². The quantitative estimate of drug-likeness (QED) is 0.920. The fraction of sp³-hybridized carbons (Fsp3) is 0.214. The molecule has 1 aliphatic rings. The van der Waals surface area contributed by atoms with E-state index in [9.17, 15) is 4.79 Å². The zero-order chi connectivity index (χ0) is 13.2. The van der Waals surface area contributed by atoms with Crippen molar-refractivity contribution < 1.29 is 9.53 Å². The Morgan fingerprint density at radius 1 is 1.32 bits per heavy atom. The summed E-state index contributed by atoms with van der Waals surface area (Å²) in [6.45, 7) is 0.559. The summed E-state index contributed by atoms with van der Waals surface area (Å²) in [5, 5.41) is 4.90. The van der Waals surface area contributed by atoms with Gasteiger partial charge in [-0.2, -0.15) is 0 Å². The third-order valence-corrected chi connectivity index (χ3v) is 4.93. The van der Waals surface area contributed by atoms with E-state index >= 15 is 0 Å². The molecule has 0 saturated heterocycles. The van der Waals surface area contributed by atoms with Crippen LogP contribution >= 0.6 is 27.3 Å². The largest absolute Gasteiger partial charge is 0.488 e. The fourth-order valence-electron chi connectivity index (χ4n) is 2.03. The Balaban J connectivity index is 1.72. The number of nitrogens with one attached hydrogen (secondary N) is 1. The van der Waals surface area contributed by atoms with Crippen LogP contribution in [0, 0.1) is 0 Å². The topological polar surface area (TPSA) is 38.3 Å². The van der Waals surface area contributed by atoms with Gasteiger partial charge in [-0.25, -0.2) is 0 Å². The minimum absolute atomic E-state index is 0.0867. The summed E-state index contributed by atoms with van der Waals surface area (Å²) in [6.07, 6.45) is 1.33. The fourth-order valence-corrected chi connectivity index (χ4v) is 3.40. The summed E-state index contributed by atoms with van der Waals surface area (Å²) in [6, 6.07) is 7.83. The van der Waals surface area contributed by atoms with Crippen LogP contribution in [0.1, 0.15) is 16.9 Å². The number of carbonyl (C=O) groups is 1. The third kappa shape index (κ3) is 2.82. The van der Waals surface area contributed by atoms with Crippen molar-refractivity contribution in [3.05, 3.63) is 44.6 Å². The number of hydrogen-bond donors (Lipinski definition) is 1. The molecule has 1 N–H and O–H groups in total. The Hall–Kier alpha value is -1.33. The highest BCUT2D eigenvalue weighted by Gasteiger charge is 2.15. The molecule has 0 spiro atoms. The minimum atomic E-state index is 0.0867. The molecule has 0 radical (unpaired) electrons. The first-order valence-electron chi connectivity index (χ1n) is 6.00. The Morgan fingerprint density at radius 3 is 3.00 bits per heavy atom. The van der Waals surface area contributed by atoms with Crippen LogP contribution in [0.2, 0.25) is 0 Å². The van der Waals surface area contributed by atoms with Gasteiger partial charge < -0.3 is 10.1 Å². The van der Waals surface area contributed by atoms with Crippen LogP contribution in [0.3, 0.4) is 0 Å². The zero-order valence-electron chi connectivity index (χ0n) is 10.1. The predicted molar refractivity (Wildman–Crippen MR) is 79.7 cm³/mol. The summed E-state index contributed by atoms with van der Waals surface area (Å²) < 4.78 is 6.88. The number of carbonyl (C=O) groups excluding carboxylic acids is 1. The predicted octanol–water partition coefficient (Wildman–Crippen LogP) is 3.97. The van der Waals surface area contributed by atoms with E-state index in [4.69, 9.17) is 4.74 Å². The molecule has 0 atom stereocenters. The lowest BCUT2D eigenvalue weighted by Gasteiger charge is -2.17. The number of benzene rings is 1. The number of fused-ring (bicyclic) bond motifs is 1. The number of ether oxygens (including phenoxy) is 1. The Bertz CT molecular complexity index is 624. The van der Waals surface area contributed by atoms with Crippen LogP contribution in [-0.2, 0) is 17.8 Å². The maximum Gasteiger partial charge on any atom is 0.224 e. The highest BCUT2D eigenvalue weighted by Crippen LogP contribution is 2.28. The number of hydrogen-bond acceptors (Lipinski definition) is 3. The van der Waals surface area contributed by atoms with Gasteiger partial charge in [0.25, 0.3) is 0 Å². The summed E-state index contributed by atoms with van der Waals surface area (Å²) in [7, 11) is 0. The monoisotopic (exact) mass is 337 g/mol. The van der Waals surface area contributed by atoms with E-state index in [1.807, 2.05) is 29.6 Å². The molecule has 0 aliphatic carbocycles. The van der Waals surface area contributed by atoms with Gasteiger partial charge in [-0.05, 0) is 57.6 Å². The molecular weight excluding hydrogens is 326 g/mol. The summed E-state index contributed by atoms with van der Waals surface area (Å²) in [5.41, 5.74) is 2.04. The molecule has 5 heteroatoms. The molecule has 0 saturated carbocycles. The van der Waals surface area contributed by atoms with Crippen LogP contribution in [-0.4, -0.2) is 5.91 Å². The van der Waals surface area contributed by atoms with E-state index in [0.717, 1.165) is 27.9 Å². The molecular formula is C14H12BrNO2S. The third-order valence-electron chi connectivity index (χ3n) is 3.03. The molecule has 98 valence electrons. The minimum Gasteiger partial charge on any atom is -0.488 e. The van der Waals surface area contributed by atoms with Crippen molar-refractivity contribution in [3.63, 3.8) is 0 Å². The van der Waals surface area contributed by atoms with Crippen LogP contribution in [0.15, 0.2) is 34.1 Å². The van der Waals surface area contributed by atoms with E-state index < -0.39 is 0 Å². The van der Waals surface area contributed by atoms with Crippen molar-refractivity contribution >= 4 is 38.9 Å². The summed E-state index contributed by atoms with van der Waals surface area (Å²) in [4.78, 5) is 12.5. The van der Waals surface area contributed by atoms with Gasteiger partial charge in [-0.15, -0.1) is 11.3 Å². The molecule has 1 aromatic heterocycles. The summed E-state index contributed by atoms with van der Waals surface area (Å²) >= 11 is 5.16. The van der Waals surface area contributed by atoms with Crippen molar-refractivity contribution in [1.82, 2.24) is 0 Å². The van der Waals surface area contributed by atoms with Crippen molar-refractivity contribution in [3.8, 4) is 5.75 Å². The number of rotatable bonds is 3. The van der Waals surface area contributed by atoms with E-state index in [2.05, 4.69) is 21.2 Å². The number of halogens is 1. The molecule has 1 aliphatic heterocycles. The lowest BCUT2D eigenvalue weighted by molar-refractivity contribution is -0.116. The van der Waals surface area contributed by atoms with Crippen molar-refractivity contribution in [1.29, 1.82) is 0 Å². The Kier molecular flexibility index (Phi) is 3.57. The highest BCUT2D eigenvalue weighted by atomic mass is 79.9. The molecule has 19 heavy (non-hydrogen) atoms. The molecule has 2 aromatic rings. The average molecular weight is 338 g/mol. The normalized spacial score (nSPS) is 13.8. The van der Waals surface area contributed by atoms with Crippen LogP contribution < -0.4 is 10.1 Å². The SMILES string of the molecule is O=C1CCc2cc(OCc3sccc3Br)ccc2N1. The van der Waals surface area contributed by atoms with E-state index in [-0.39, 0.29) is 5.91 Å². The number of anilines is 1. The Labute approximate surface area is 123 Å². The molecule has 0 bridgehead atoms. The first kappa shape index (κ1) is 12.7. The van der Waals surface area contributed by atoms with Crippen LogP contribution in [0.4, 0.5) is 5.69 Å². The van der Waals surface area contributed by atoms with Crippen LogP contribution in [0.25, 0.3) is 0 Å². The zero-order valence-corrected chi connectivity index (χ0v) is 12.5. The lowest BCUT2D eigenvalue weighted by atomic mass is 10.0. The first-order valence-corrected chi connectivity index (χ1v) is 7.67. The molecule has 2 heterocycles. The second-order valence-corrected chi connectivity index (χ2v) is 6.20. The second-order valence-electron chi connectivity index (χ2n) is 4.35. The van der Waals surface area contributed by atoms with E-state index in [1.165, 1.54) is 4.88 Å². The highest BCUT2D eigenvalue weighted by molar-refractivity contribution is 9.10. The van der Waals surface area contributed by atoms with Crippen LogP contribution in [0.5, 0.6) is 5.75 Å². The molecule has 1 amide bonds. The van der Waals surface area contributed by atoms with E-state index in [1.54, 1.807) is 11.3 Å². The molecule has 3 nitrogen and oxygen atoms in total. The molecule has 3 rings (SSSR count). The van der Waals surface area contributed by atoms with Gasteiger partial charge in [0.1, 0.15) is 12.4 Å². The first-order chi connectivity index (χ1) is 9.22. The smallest absolute Gasteiger partial charge is 0.224 e. The lowest BCUT2D eigenvalue weighted by Crippen LogP contribution is -2.18. The number of thiophene rings is 1. The molecule has 0 unspecified atom stereocenters. The number of amides is 1. The van der Waals surface area contributed by atoms with Crippen molar-refractivity contribution in [2.24, 2.45) is 0 Å². The maximum atomic E-state index is 11.3.